The molecule has 6 heteroatoms. The molecule has 80 heavy (non-hydrogen) atoms. The normalized spacial score (nSPS) is 12.3. The molecule has 0 aliphatic rings. The van der Waals surface area contributed by atoms with Gasteiger partial charge in [0.15, 0.2) is 6.10 Å². The number of hydrogen-bond acceptors (Lipinski definition) is 6. The molecule has 1 unspecified atom stereocenters. The molecule has 0 aliphatic heterocycles. The van der Waals surface area contributed by atoms with E-state index in [2.05, 4.69) is 69.4 Å². The Morgan fingerprint density at radius 3 is 0.713 bits per heavy atom. The summed E-state index contributed by atoms with van der Waals surface area (Å²) in [6.45, 7) is 6.69. The van der Waals surface area contributed by atoms with Gasteiger partial charge in [0.1, 0.15) is 13.2 Å². The Hall–Kier alpha value is -2.63. The second kappa shape index (κ2) is 68.9. The van der Waals surface area contributed by atoms with Crippen molar-refractivity contribution in [3.8, 4) is 0 Å². The summed E-state index contributed by atoms with van der Waals surface area (Å²) >= 11 is 0. The topological polar surface area (TPSA) is 78.9 Å². The molecule has 0 aliphatic carbocycles. The summed E-state index contributed by atoms with van der Waals surface area (Å²) in [5.41, 5.74) is 0. The highest BCUT2D eigenvalue weighted by atomic mass is 16.6. The van der Waals surface area contributed by atoms with Crippen LogP contribution in [-0.4, -0.2) is 37.2 Å². The van der Waals surface area contributed by atoms with Gasteiger partial charge in [-0.05, 0) is 83.5 Å². The first-order chi connectivity index (χ1) is 39.5. The second-order valence-corrected chi connectivity index (χ2v) is 24.1. The number of carbonyl (C=O) groups excluding carboxylic acids is 3. The van der Waals surface area contributed by atoms with Crippen LogP contribution in [0.1, 0.15) is 387 Å². The number of esters is 3. The Kier molecular flexibility index (Phi) is 66.6. The van der Waals surface area contributed by atoms with E-state index in [9.17, 15) is 14.4 Å². The summed E-state index contributed by atoms with van der Waals surface area (Å²) in [5.74, 6) is -0.853. The van der Waals surface area contributed by atoms with E-state index in [1.807, 2.05) is 0 Å². The quantitative estimate of drug-likeness (QED) is 0.0261. The maximum atomic E-state index is 12.9. The van der Waals surface area contributed by atoms with Crippen molar-refractivity contribution >= 4 is 17.9 Å². The molecule has 0 aromatic carbocycles. The van der Waals surface area contributed by atoms with Gasteiger partial charge in [0.2, 0.25) is 0 Å². The van der Waals surface area contributed by atoms with Gasteiger partial charge in [0, 0.05) is 19.3 Å². The minimum Gasteiger partial charge on any atom is -0.462 e. The van der Waals surface area contributed by atoms with E-state index in [0.29, 0.717) is 19.3 Å². The number of hydrogen-bond donors (Lipinski definition) is 0. The number of rotatable bonds is 66. The molecule has 0 bridgehead atoms. The average molecular weight is 1120 g/mol. The second-order valence-electron chi connectivity index (χ2n) is 24.1. The van der Waals surface area contributed by atoms with Crippen molar-refractivity contribution < 1.29 is 28.6 Å². The van der Waals surface area contributed by atoms with E-state index in [-0.39, 0.29) is 31.1 Å². The summed E-state index contributed by atoms with van der Waals surface area (Å²) in [7, 11) is 0. The van der Waals surface area contributed by atoms with Crippen molar-refractivity contribution in [3.63, 3.8) is 0 Å². The lowest BCUT2D eigenvalue weighted by Gasteiger charge is -2.18. The largest absolute Gasteiger partial charge is 0.462 e. The first-order valence-corrected chi connectivity index (χ1v) is 35.6. The van der Waals surface area contributed by atoms with E-state index in [4.69, 9.17) is 14.2 Å². The molecule has 468 valence electrons. The number of unbranched alkanes of at least 4 members (excludes halogenated alkanes) is 47. The molecule has 0 rings (SSSR count). The summed E-state index contributed by atoms with van der Waals surface area (Å²) in [6.07, 6.45) is 87.1. The molecular weight excluding hydrogens is 985 g/mol. The van der Waals surface area contributed by atoms with Gasteiger partial charge < -0.3 is 14.2 Å². The van der Waals surface area contributed by atoms with Crippen LogP contribution in [0.4, 0.5) is 0 Å². The molecule has 0 saturated carbocycles. The molecule has 0 radical (unpaired) electrons. The van der Waals surface area contributed by atoms with Crippen LogP contribution in [0.25, 0.3) is 0 Å². The highest BCUT2D eigenvalue weighted by molar-refractivity contribution is 5.71. The predicted octanol–water partition coefficient (Wildman–Crippen LogP) is 24.5. The van der Waals surface area contributed by atoms with Crippen molar-refractivity contribution in [2.24, 2.45) is 0 Å². The monoisotopic (exact) mass is 1120 g/mol. The van der Waals surface area contributed by atoms with Gasteiger partial charge in [-0.25, -0.2) is 0 Å². The molecule has 0 aromatic heterocycles. The minimum absolute atomic E-state index is 0.0711. The number of carbonyl (C=O) groups is 3. The Labute approximate surface area is 498 Å². The van der Waals surface area contributed by atoms with Gasteiger partial charge in [-0.3, -0.25) is 14.4 Å². The zero-order valence-corrected chi connectivity index (χ0v) is 53.9. The molecule has 0 spiro atoms. The van der Waals surface area contributed by atoms with Gasteiger partial charge in [-0.1, -0.05) is 333 Å². The average Bonchev–Trinajstić information content (AvgIpc) is 3.46. The van der Waals surface area contributed by atoms with Crippen LogP contribution >= 0.6 is 0 Å². The molecular formula is C74H136O6. The maximum Gasteiger partial charge on any atom is 0.306 e. The van der Waals surface area contributed by atoms with Crippen LogP contribution in [-0.2, 0) is 28.6 Å². The Balaban J connectivity index is 4.24. The van der Waals surface area contributed by atoms with Gasteiger partial charge in [-0.15, -0.1) is 0 Å². The van der Waals surface area contributed by atoms with Crippen LogP contribution in [0.2, 0.25) is 0 Å². The highest BCUT2D eigenvalue weighted by Gasteiger charge is 2.19. The molecule has 0 N–H and O–H groups in total. The Morgan fingerprint density at radius 2 is 0.450 bits per heavy atom. The predicted molar refractivity (Wildman–Crippen MR) is 349 cm³/mol. The Morgan fingerprint density at radius 1 is 0.250 bits per heavy atom. The molecule has 0 fully saturated rings. The highest BCUT2D eigenvalue weighted by Crippen LogP contribution is 2.18. The molecule has 0 amide bonds. The summed E-state index contributed by atoms with van der Waals surface area (Å²) in [4.78, 5) is 38.4. The number of ether oxygens (including phenoxy) is 3. The molecule has 1 atom stereocenters. The van der Waals surface area contributed by atoms with Crippen molar-refractivity contribution in [1.82, 2.24) is 0 Å². The van der Waals surface area contributed by atoms with Crippen LogP contribution in [0.5, 0.6) is 0 Å². The van der Waals surface area contributed by atoms with Crippen molar-refractivity contribution in [2.75, 3.05) is 13.2 Å². The first-order valence-electron chi connectivity index (χ1n) is 35.6. The van der Waals surface area contributed by atoms with E-state index in [1.54, 1.807) is 0 Å². The minimum atomic E-state index is -0.775. The fraction of sp³-hybridized carbons (Fsp3) is 0.851. The van der Waals surface area contributed by atoms with Crippen LogP contribution in [0, 0.1) is 0 Å². The lowest BCUT2D eigenvalue weighted by molar-refractivity contribution is -0.167. The maximum absolute atomic E-state index is 12.9. The third kappa shape index (κ3) is 66.2. The zero-order chi connectivity index (χ0) is 57.8. The van der Waals surface area contributed by atoms with Crippen LogP contribution in [0.15, 0.2) is 48.6 Å². The van der Waals surface area contributed by atoms with Crippen molar-refractivity contribution in [2.45, 2.75) is 393 Å². The smallest absolute Gasteiger partial charge is 0.306 e. The summed E-state index contributed by atoms with van der Waals surface area (Å²) < 4.78 is 17.0. The van der Waals surface area contributed by atoms with E-state index in [1.165, 1.54) is 270 Å². The lowest BCUT2D eigenvalue weighted by Crippen LogP contribution is -2.30. The summed E-state index contributed by atoms with van der Waals surface area (Å²) in [6, 6.07) is 0. The van der Waals surface area contributed by atoms with Gasteiger partial charge in [0.05, 0.1) is 0 Å². The third-order valence-corrected chi connectivity index (χ3v) is 16.1. The molecule has 0 aromatic rings. The van der Waals surface area contributed by atoms with Crippen molar-refractivity contribution in [1.29, 1.82) is 0 Å². The summed E-state index contributed by atoms with van der Waals surface area (Å²) in [5, 5.41) is 0. The molecule has 0 saturated heterocycles. The first kappa shape index (κ1) is 77.4. The van der Waals surface area contributed by atoms with Gasteiger partial charge in [-0.2, -0.15) is 0 Å². The molecule has 0 heterocycles. The van der Waals surface area contributed by atoms with E-state index >= 15 is 0 Å². The SMILES string of the molecule is CCCCCCC/C=C\C/C=C\C/C=C\CCCCCCCCCCCCCCCCC(=O)OCC(COC(=O)CCCCCCC/C=C\CCCCCCCCC)OC(=O)CCCCCCCCCCCCCCCCCCC. The molecule has 6 nitrogen and oxygen atoms in total. The Bertz CT molecular complexity index is 1380. The van der Waals surface area contributed by atoms with Gasteiger partial charge >= 0.3 is 17.9 Å². The lowest BCUT2D eigenvalue weighted by atomic mass is 10.0. The van der Waals surface area contributed by atoms with E-state index in [0.717, 1.165) is 77.0 Å². The third-order valence-electron chi connectivity index (χ3n) is 16.1. The van der Waals surface area contributed by atoms with E-state index < -0.39 is 6.10 Å². The fourth-order valence-corrected chi connectivity index (χ4v) is 10.7. The zero-order valence-electron chi connectivity index (χ0n) is 53.9. The number of allylic oxidation sites excluding steroid dienone is 8. The van der Waals surface area contributed by atoms with Crippen molar-refractivity contribution in [3.05, 3.63) is 48.6 Å². The van der Waals surface area contributed by atoms with Crippen LogP contribution in [0.3, 0.4) is 0 Å². The van der Waals surface area contributed by atoms with Crippen LogP contribution < -0.4 is 0 Å². The fourth-order valence-electron chi connectivity index (χ4n) is 10.7. The van der Waals surface area contributed by atoms with Gasteiger partial charge in [0.25, 0.3) is 0 Å². The standard InChI is InChI=1S/C74H136O6/c1-4-7-10-13-16-19-22-25-28-31-32-33-34-35-36-37-38-39-40-41-42-44-46-49-52-55-58-61-64-67-73(76)79-70-71(69-78-72(75)66-63-60-57-54-51-48-45-30-27-24-21-18-15-12-9-6-3)80-74(77)68-65-62-59-56-53-50-47-43-29-26-23-20-17-14-11-8-5-2/h22,25,30-32,34-35,45,71H,4-21,23-24,26-29,33,36-44,46-70H2,1-3H3/b25-22-,32-31-,35-34-,45-30-.